The Morgan fingerprint density at radius 2 is 1.77 bits per heavy atom. The van der Waals surface area contributed by atoms with Crippen molar-refractivity contribution in [2.45, 2.75) is 19.9 Å². The number of carbonyl (C=O) groups excluding carboxylic acids is 1. The van der Waals surface area contributed by atoms with Crippen molar-refractivity contribution in [1.82, 2.24) is 16.0 Å². The predicted molar refractivity (Wildman–Crippen MR) is 140 cm³/mol. The van der Waals surface area contributed by atoms with Crippen LogP contribution in [0.2, 0.25) is 0 Å². The van der Waals surface area contributed by atoms with Crippen molar-refractivity contribution in [3.63, 3.8) is 0 Å². The molecule has 0 saturated heterocycles. The van der Waals surface area contributed by atoms with Crippen LogP contribution < -0.4 is 20.9 Å². The molecule has 0 aromatic heterocycles. The van der Waals surface area contributed by atoms with E-state index in [0.29, 0.717) is 12.1 Å². The minimum Gasteiger partial charge on any atom is -0.364 e. The molecule has 0 bridgehead atoms. The minimum absolute atomic E-state index is 0. The minimum atomic E-state index is -0.0632. The van der Waals surface area contributed by atoms with Crippen LogP contribution >= 0.6 is 24.0 Å². The molecule has 0 fully saturated rings. The van der Waals surface area contributed by atoms with Gasteiger partial charge in [0.15, 0.2) is 5.96 Å². The zero-order chi connectivity index (χ0) is 21.2. The molecule has 31 heavy (non-hydrogen) atoms. The number of guanidine groups is 1. The van der Waals surface area contributed by atoms with Crippen molar-refractivity contribution in [3.8, 4) is 0 Å². The lowest BCUT2D eigenvalue weighted by molar-refractivity contribution is 0.0963. The van der Waals surface area contributed by atoms with Gasteiger partial charge in [0, 0.05) is 44.5 Å². The third kappa shape index (κ3) is 7.57. The van der Waals surface area contributed by atoms with Gasteiger partial charge < -0.3 is 20.9 Å². The number of nitrogens with one attached hydrogen (secondary N) is 3. The number of carbonyl (C=O) groups is 1. The van der Waals surface area contributed by atoms with Crippen molar-refractivity contribution in [2.75, 3.05) is 38.1 Å². The molecule has 0 atom stereocenters. The number of amides is 1. The summed E-state index contributed by atoms with van der Waals surface area (Å²) in [5.74, 6) is 0.736. The topological polar surface area (TPSA) is 68.8 Å². The average molecular weight is 533 g/mol. The second kappa shape index (κ2) is 13.0. The maximum absolute atomic E-state index is 11.8. The smallest absolute Gasteiger partial charge is 0.251 e. The molecule has 3 rings (SSSR count). The Balaban J connectivity index is 0.00000341. The highest BCUT2D eigenvalue weighted by Crippen LogP contribution is 2.17. The highest BCUT2D eigenvalue weighted by molar-refractivity contribution is 14.0. The van der Waals surface area contributed by atoms with E-state index in [4.69, 9.17) is 4.99 Å². The number of aliphatic imine (C=N–C) groups is 1. The Morgan fingerprint density at radius 3 is 2.45 bits per heavy atom. The molecule has 3 N–H and O–H groups in total. The van der Waals surface area contributed by atoms with Gasteiger partial charge in [-0.1, -0.05) is 36.4 Å². The van der Waals surface area contributed by atoms with Gasteiger partial charge in [0.05, 0.1) is 6.54 Å². The van der Waals surface area contributed by atoms with Crippen molar-refractivity contribution >= 4 is 41.5 Å². The van der Waals surface area contributed by atoms with Gasteiger partial charge in [0.25, 0.3) is 5.91 Å². The summed E-state index contributed by atoms with van der Waals surface area (Å²) in [6, 6.07) is 16.3. The fourth-order valence-electron chi connectivity index (χ4n) is 3.35. The van der Waals surface area contributed by atoms with E-state index in [2.05, 4.69) is 64.2 Å². The summed E-state index contributed by atoms with van der Waals surface area (Å²) in [6.07, 6.45) is 5.20. The van der Waals surface area contributed by atoms with Crippen LogP contribution in [0.1, 0.15) is 28.4 Å². The standard InChI is InChI=1S/C24H31N5O.HI/c1-3-26-24(27-14-13-19-7-6-8-21(17-19)23(30)25-2)28-18-20-9-11-22(12-10-20)29-15-4-5-16-29;/h4-12,17H,3,13-16,18H2,1-2H3,(H,25,30)(H2,26,27,28);1H. The number of hydrogen-bond donors (Lipinski definition) is 3. The monoisotopic (exact) mass is 533 g/mol. The SMILES string of the molecule is CCNC(=NCc1ccc(N2CC=CC2)cc1)NCCc1cccc(C(=O)NC)c1.I. The Kier molecular flexibility index (Phi) is 10.4. The lowest BCUT2D eigenvalue weighted by atomic mass is 10.1. The average Bonchev–Trinajstić information content (AvgIpc) is 3.32. The van der Waals surface area contributed by atoms with Crippen LogP contribution in [-0.4, -0.2) is 45.1 Å². The van der Waals surface area contributed by atoms with Crippen LogP contribution in [0, 0.1) is 0 Å². The van der Waals surface area contributed by atoms with E-state index in [1.807, 2.05) is 24.3 Å². The van der Waals surface area contributed by atoms with E-state index in [-0.39, 0.29) is 29.9 Å². The maximum atomic E-state index is 11.8. The Morgan fingerprint density at radius 1 is 1.03 bits per heavy atom. The zero-order valence-electron chi connectivity index (χ0n) is 18.2. The molecule has 1 amide bonds. The first-order valence-electron chi connectivity index (χ1n) is 10.5. The molecule has 2 aromatic rings. The van der Waals surface area contributed by atoms with E-state index >= 15 is 0 Å². The summed E-state index contributed by atoms with van der Waals surface area (Å²) in [4.78, 5) is 18.8. The van der Waals surface area contributed by atoms with Gasteiger partial charge in [-0.05, 0) is 48.7 Å². The number of hydrogen-bond acceptors (Lipinski definition) is 3. The highest BCUT2D eigenvalue weighted by atomic mass is 127. The summed E-state index contributed by atoms with van der Waals surface area (Å²) in [5, 5.41) is 9.33. The lowest BCUT2D eigenvalue weighted by Crippen LogP contribution is -2.38. The molecular formula is C24H32IN5O. The Bertz CT molecular complexity index is 887. The second-order valence-corrected chi connectivity index (χ2v) is 7.19. The molecule has 0 radical (unpaired) electrons. The van der Waals surface area contributed by atoms with E-state index < -0.39 is 0 Å². The number of rotatable bonds is 8. The van der Waals surface area contributed by atoms with Gasteiger partial charge in [-0.3, -0.25) is 4.79 Å². The number of anilines is 1. The van der Waals surface area contributed by atoms with Gasteiger partial charge >= 0.3 is 0 Å². The largest absolute Gasteiger partial charge is 0.364 e. The first-order chi connectivity index (χ1) is 14.7. The van der Waals surface area contributed by atoms with Gasteiger partial charge in [-0.15, -0.1) is 24.0 Å². The summed E-state index contributed by atoms with van der Waals surface area (Å²) in [6.45, 7) is 6.20. The van der Waals surface area contributed by atoms with Gasteiger partial charge in [-0.2, -0.15) is 0 Å². The normalized spacial score (nSPS) is 13.0. The van der Waals surface area contributed by atoms with Crippen LogP contribution in [0.15, 0.2) is 65.7 Å². The van der Waals surface area contributed by atoms with Gasteiger partial charge in [-0.25, -0.2) is 4.99 Å². The van der Waals surface area contributed by atoms with Crippen LogP contribution in [-0.2, 0) is 13.0 Å². The van der Waals surface area contributed by atoms with Crippen LogP contribution in [0.3, 0.4) is 0 Å². The predicted octanol–water partition coefficient (Wildman–Crippen LogP) is 3.34. The van der Waals surface area contributed by atoms with Crippen molar-refractivity contribution in [1.29, 1.82) is 0 Å². The summed E-state index contributed by atoms with van der Waals surface area (Å²) < 4.78 is 0. The second-order valence-electron chi connectivity index (χ2n) is 7.19. The van der Waals surface area contributed by atoms with Gasteiger partial charge in [0.2, 0.25) is 0 Å². The number of benzene rings is 2. The quantitative estimate of drug-likeness (QED) is 0.211. The molecule has 0 spiro atoms. The van der Waals surface area contributed by atoms with Gasteiger partial charge in [0.1, 0.15) is 0 Å². The zero-order valence-corrected chi connectivity index (χ0v) is 20.6. The first-order valence-corrected chi connectivity index (χ1v) is 10.5. The van der Waals surface area contributed by atoms with Crippen molar-refractivity contribution in [2.24, 2.45) is 4.99 Å². The molecule has 1 aliphatic heterocycles. The van der Waals surface area contributed by atoms with E-state index in [9.17, 15) is 4.79 Å². The molecule has 0 aliphatic carbocycles. The van der Waals surface area contributed by atoms with E-state index in [0.717, 1.165) is 44.1 Å². The first kappa shape index (κ1) is 24.7. The third-order valence-corrected chi connectivity index (χ3v) is 5.01. The summed E-state index contributed by atoms with van der Waals surface area (Å²) >= 11 is 0. The maximum Gasteiger partial charge on any atom is 0.251 e. The highest BCUT2D eigenvalue weighted by Gasteiger charge is 2.07. The van der Waals surface area contributed by atoms with E-state index in [1.165, 1.54) is 11.3 Å². The molecular weight excluding hydrogens is 501 g/mol. The number of nitrogens with zero attached hydrogens (tertiary/aromatic N) is 2. The van der Waals surface area contributed by atoms with Crippen molar-refractivity contribution in [3.05, 3.63) is 77.4 Å². The molecule has 0 saturated carbocycles. The van der Waals surface area contributed by atoms with Crippen LogP contribution in [0.4, 0.5) is 5.69 Å². The van der Waals surface area contributed by atoms with Crippen LogP contribution in [0.5, 0.6) is 0 Å². The number of halogens is 1. The molecule has 1 aliphatic rings. The van der Waals surface area contributed by atoms with E-state index in [1.54, 1.807) is 7.05 Å². The summed E-state index contributed by atoms with van der Waals surface area (Å²) in [7, 11) is 1.65. The summed E-state index contributed by atoms with van der Waals surface area (Å²) in [5.41, 5.74) is 4.23. The molecule has 1 heterocycles. The molecule has 7 heteroatoms. The van der Waals surface area contributed by atoms with Crippen LogP contribution in [0.25, 0.3) is 0 Å². The third-order valence-electron chi connectivity index (χ3n) is 5.01. The fourth-order valence-corrected chi connectivity index (χ4v) is 3.35. The van der Waals surface area contributed by atoms with Crippen molar-refractivity contribution < 1.29 is 4.79 Å². The molecule has 0 unspecified atom stereocenters. The Hall–Kier alpha value is -2.55. The molecule has 166 valence electrons. The molecule has 6 nitrogen and oxygen atoms in total. The molecule has 2 aromatic carbocycles. The Labute approximate surface area is 202 Å². The lowest BCUT2D eigenvalue weighted by Gasteiger charge is -2.17. The fraction of sp³-hybridized carbons (Fsp3) is 0.333.